The molecule has 0 radical (unpaired) electrons. The summed E-state index contributed by atoms with van der Waals surface area (Å²) in [5, 5.41) is 2.38. The molecule has 0 heterocycles. The zero-order valence-electron chi connectivity index (χ0n) is 11.1. The van der Waals surface area contributed by atoms with Gasteiger partial charge in [0.25, 0.3) is 0 Å². The summed E-state index contributed by atoms with van der Waals surface area (Å²) in [6.45, 7) is 6.02. The second-order valence-electron chi connectivity index (χ2n) is 5.30. The van der Waals surface area contributed by atoms with Gasteiger partial charge in [0, 0.05) is 11.1 Å². The molecule has 6 heteroatoms. The van der Waals surface area contributed by atoms with Gasteiger partial charge in [0.15, 0.2) is 0 Å². The molecule has 1 rings (SSSR count). The molecule has 106 valence electrons. The Bertz CT molecular complexity index is 501. The summed E-state index contributed by atoms with van der Waals surface area (Å²) < 4.78 is 51.4. The van der Waals surface area contributed by atoms with Gasteiger partial charge < -0.3 is 5.32 Å². The summed E-state index contributed by atoms with van der Waals surface area (Å²) in [7, 11) is 0. The average Bonchev–Trinajstić information content (AvgIpc) is 2.18. The average molecular weight is 277 g/mol. The smallest absolute Gasteiger partial charge is 0.325 e. The number of hydrogen-bond acceptors (Lipinski definition) is 1. The number of carbonyl (C=O) groups is 1. The van der Waals surface area contributed by atoms with E-state index in [1.807, 2.05) is 0 Å². The van der Waals surface area contributed by atoms with Crippen LogP contribution in [0.4, 0.5) is 23.2 Å². The first-order valence-electron chi connectivity index (χ1n) is 5.62. The highest BCUT2D eigenvalue weighted by Crippen LogP contribution is 2.37. The summed E-state index contributed by atoms with van der Waals surface area (Å²) in [5.41, 5.74) is -2.46. The van der Waals surface area contributed by atoms with Crippen LogP contribution >= 0.6 is 0 Å². The maximum absolute atomic E-state index is 13.3. The fraction of sp³-hybridized carbons (Fsp3) is 0.462. The molecule has 0 spiro atoms. The predicted octanol–water partition coefficient (Wildman–Crippen LogP) is 4.14. The molecule has 0 saturated heterocycles. The second kappa shape index (κ2) is 4.83. The van der Waals surface area contributed by atoms with Crippen LogP contribution in [0.3, 0.4) is 0 Å². The van der Waals surface area contributed by atoms with Gasteiger partial charge in [-0.2, -0.15) is 13.2 Å². The molecule has 1 aromatic carbocycles. The normalized spacial score (nSPS) is 12.4. The SMILES string of the molecule is Cc1c(NC(=O)C(C)(C)C)ccc(F)c1C(F)(F)F. The first-order chi connectivity index (χ1) is 8.44. The van der Waals surface area contributed by atoms with E-state index in [4.69, 9.17) is 0 Å². The molecule has 19 heavy (non-hydrogen) atoms. The number of alkyl halides is 3. The van der Waals surface area contributed by atoms with Crippen molar-refractivity contribution in [1.29, 1.82) is 0 Å². The van der Waals surface area contributed by atoms with Crippen molar-refractivity contribution in [1.82, 2.24) is 0 Å². The van der Waals surface area contributed by atoms with Gasteiger partial charge in [-0.15, -0.1) is 0 Å². The minimum atomic E-state index is -4.80. The van der Waals surface area contributed by atoms with E-state index in [1.54, 1.807) is 20.8 Å². The van der Waals surface area contributed by atoms with Crippen molar-refractivity contribution >= 4 is 11.6 Å². The Morgan fingerprint density at radius 1 is 1.16 bits per heavy atom. The van der Waals surface area contributed by atoms with Crippen LogP contribution in [0.2, 0.25) is 0 Å². The number of anilines is 1. The molecule has 0 aliphatic carbocycles. The Balaban J connectivity index is 3.23. The van der Waals surface area contributed by atoms with E-state index in [1.165, 1.54) is 0 Å². The molecule has 0 bridgehead atoms. The third-order valence-corrected chi connectivity index (χ3v) is 2.63. The van der Waals surface area contributed by atoms with E-state index in [2.05, 4.69) is 5.32 Å². The Labute approximate surface area is 108 Å². The van der Waals surface area contributed by atoms with Gasteiger partial charge in [0.1, 0.15) is 5.82 Å². The van der Waals surface area contributed by atoms with Gasteiger partial charge in [-0.05, 0) is 24.6 Å². The van der Waals surface area contributed by atoms with Crippen LogP contribution in [0.5, 0.6) is 0 Å². The van der Waals surface area contributed by atoms with E-state index in [-0.39, 0.29) is 11.3 Å². The van der Waals surface area contributed by atoms with Crippen LogP contribution in [-0.2, 0) is 11.0 Å². The van der Waals surface area contributed by atoms with Crippen molar-refractivity contribution in [3.8, 4) is 0 Å². The van der Waals surface area contributed by atoms with Crippen LogP contribution in [0.15, 0.2) is 12.1 Å². The molecule has 2 nitrogen and oxygen atoms in total. The van der Waals surface area contributed by atoms with Crippen LogP contribution in [0.25, 0.3) is 0 Å². The minimum Gasteiger partial charge on any atom is -0.325 e. The zero-order chi connectivity index (χ0) is 15.0. The Hall–Kier alpha value is -1.59. The number of rotatable bonds is 1. The predicted molar refractivity (Wildman–Crippen MR) is 64.2 cm³/mol. The fourth-order valence-corrected chi connectivity index (χ4v) is 1.47. The Kier molecular flexibility index (Phi) is 3.93. The molecule has 1 amide bonds. The molecule has 1 aromatic rings. The van der Waals surface area contributed by atoms with E-state index < -0.39 is 28.9 Å². The number of benzene rings is 1. The lowest BCUT2D eigenvalue weighted by molar-refractivity contribution is -0.140. The van der Waals surface area contributed by atoms with E-state index in [0.717, 1.165) is 13.0 Å². The highest BCUT2D eigenvalue weighted by Gasteiger charge is 2.37. The second-order valence-corrected chi connectivity index (χ2v) is 5.30. The van der Waals surface area contributed by atoms with Gasteiger partial charge in [-0.25, -0.2) is 4.39 Å². The van der Waals surface area contributed by atoms with Crippen molar-refractivity contribution in [3.05, 3.63) is 29.1 Å². The summed E-state index contributed by atoms with van der Waals surface area (Å²) in [6.07, 6.45) is -4.80. The quantitative estimate of drug-likeness (QED) is 0.768. The third kappa shape index (κ3) is 3.45. The Morgan fingerprint density at radius 3 is 2.11 bits per heavy atom. The van der Waals surface area contributed by atoms with Gasteiger partial charge in [0.05, 0.1) is 5.56 Å². The monoisotopic (exact) mass is 277 g/mol. The Morgan fingerprint density at radius 2 is 1.68 bits per heavy atom. The summed E-state index contributed by atoms with van der Waals surface area (Å²) >= 11 is 0. The maximum Gasteiger partial charge on any atom is 0.419 e. The molecular weight excluding hydrogens is 262 g/mol. The standard InChI is InChI=1S/C13H15F4NO/c1-7-9(18-11(19)12(2,3)4)6-5-8(14)10(7)13(15,16)17/h5-6H,1-4H3,(H,18,19). The fourth-order valence-electron chi connectivity index (χ4n) is 1.47. The number of halogens is 4. The lowest BCUT2D eigenvalue weighted by atomic mass is 9.95. The molecule has 0 unspecified atom stereocenters. The summed E-state index contributed by atoms with van der Waals surface area (Å²) in [4.78, 5) is 11.7. The highest BCUT2D eigenvalue weighted by atomic mass is 19.4. The van der Waals surface area contributed by atoms with Crippen molar-refractivity contribution in [2.24, 2.45) is 5.41 Å². The lowest BCUT2D eigenvalue weighted by Crippen LogP contribution is -2.28. The van der Waals surface area contributed by atoms with Gasteiger partial charge in [-0.3, -0.25) is 4.79 Å². The van der Waals surface area contributed by atoms with Gasteiger partial charge in [-0.1, -0.05) is 20.8 Å². The molecule has 0 fully saturated rings. The molecule has 0 aliphatic heterocycles. The first kappa shape index (κ1) is 15.5. The van der Waals surface area contributed by atoms with Crippen molar-refractivity contribution in [3.63, 3.8) is 0 Å². The summed E-state index contributed by atoms with van der Waals surface area (Å²) in [5.74, 6) is -1.78. The number of carbonyl (C=O) groups excluding carboxylic acids is 1. The molecule has 1 N–H and O–H groups in total. The van der Waals surface area contributed by atoms with Crippen LogP contribution in [0, 0.1) is 18.2 Å². The topological polar surface area (TPSA) is 29.1 Å². The van der Waals surface area contributed by atoms with Crippen molar-refractivity contribution in [2.45, 2.75) is 33.9 Å². The van der Waals surface area contributed by atoms with Crippen LogP contribution < -0.4 is 5.32 Å². The molecule has 0 atom stereocenters. The minimum absolute atomic E-state index is 0.0337. The lowest BCUT2D eigenvalue weighted by Gasteiger charge is -2.20. The molecule has 0 aromatic heterocycles. The van der Waals surface area contributed by atoms with E-state index in [9.17, 15) is 22.4 Å². The van der Waals surface area contributed by atoms with Crippen LogP contribution in [0.1, 0.15) is 31.9 Å². The maximum atomic E-state index is 13.3. The third-order valence-electron chi connectivity index (χ3n) is 2.63. The van der Waals surface area contributed by atoms with E-state index in [0.29, 0.717) is 6.07 Å². The van der Waals surface area contributed by atoms with Crippen molar-refractivity contribution < 1.29 is 22.4 Å². The summed E-state index contributed by atoms with van der Waals surface area (Å²) in [6, 6.07) is 1.83. The van der Waals surface area contributed by atoms with Gasteiger partial charge >= 0.3 is 6.18 Å². The van der Waals surface area contributed by atoms with E-state index >= 15 is 0 Å². The van der Waals surface area contributed by atoms with Crippen molar-refractivity contribution in [2.75, 3.05) is 5.32 Å². The molecule has 0 saturated carbocycles. The van der Waals surface area contributed by atoms with Crippen LogP contribution in [-0.4, -0.2) is 5.91 Å². The molecule has 0 aliphatic rings. The largest absolute Gasteiger partial charge is 0.419 e. The number of hydrogen-bond donors (Lipinski definition) is 1. The first-order valence-corrected chi connectivity index (χ1v) is 5.62. The molecular formula is C13H15F4NO. The zero-order valence-corrected chi connectivity index (χ0v) is 11.1. The van der Waals surface area contributed by atoms with Gasteiger partial charge in [0.2, 0.25) is 5.91 Å². The number of nitrogens with one attached hydrogen (secondary N) is 1. The number of amides is 1. The highest BCUT2D eigenvalue weighted by molar-refractivity contribution is 5.95.